The minimum absolute atomic E-state index is 1.14. The van der Waals surface area contributed by atoms with Crippen LogP contribution in [0.25, 0.3) is 0 Å². The van der Waals surface area contributed by atoms with Gasteiger partial charge in [0.2, 0.25) is 0 Å². The van der Waals surface area contributed by atoms with E-state index in [4.69, 9.17) is 0 Å². The molecule has 1 aliphatic carbocycles. The highest BCUT2D eigenvalue weighted by atomic mass is 32.3. The Morgan fingerprint density at radius 1 is 0.375 bits per heavy atom. The Hall–Kier alpha value is 1.34. The van der Waals surface area contributed by atoms with Crippen molar-refractivity contribution in [2.75, 3.05) is 0 Å². The number of hydrogen-bond donors (Lipinski definition) is 0. The highest BCUT2D eigenvalue weighted by Crippen LogP contribution is 2.69. The Morgan fingerprint density at radius 3 is 0.925 bits per heavy atom. The molecule has 0 atom stereocenters. The summed E-state index contributed by atoms with van der Waals surface area (Å²) in [5.41, 5.74) is 3.02. The molecule has 0 saturated heterocycles. The summed E-state index contributed by atoms with van der Waals surface area (Å²) in [7, 11) is 0. The van der Waals surface area contributed by atoms with Crippen molar-refractivity contribution in [3.05, 3.63) is 110 Å². The van der Waals surface area contributed by atoms with E-state index in [1.807, 2.05) is 141 Å². The summed E-state index contributed by atoms with van der Waals surface area (Å²) in [6, 6.07) is 0. The topological polar surface area (TPSA) is 0 Å². The minimum atomic E-state index is 1.14. The zero-order chi connectivity index (χ0) is 27.4. The lowest BCUT2D eigenvalue weighted by Crippen LogP contribution is -1.93. The molecule has 40 heavy (non-hydrogen) atoms. The van der Waals surface area contributed by atoms with Crippen LogP contribution < -0.4 is 0 Å². The molecule has 0 aromatic heterocycles. The van der Waals surface area contributed by atoms with Gasteiger partial charge in [-0.3, -0.25) is 0 Å². The molecule has 206 valence electrons. The lowest BCUT2D eigenvalue weighted by Gasteiger charge is -2.16. The molecule has 7 aliphatic rings. The molecule has 6 aliphatic heterocycles. The van der Waals surface area contributed by atoms with Gasteiger partial charge in [0.15, 0.2) is 0 Å². The Balaban J connectivity index is 0.930. The van der Waals surface area contributed by atoms with E-state index in [0.29, 0.717) is 0 Å². The predicted octanol–water partition coefficient (Wildman–Crippen LogP) is 14.8. The van der Waals surface area contributed by atoms with Crippen LogP contribution in [0, 0.1) is 0 Å². The van der Waals surface area contributed by atoms with Crippen LogP contribution in [0.5, 0.6) is 0 Å². The standard InChI is InChI=1S/C28H22S12/c1-13-14(2)30-19(29-13)9-11-21-33-25-26(34-21)38-23(37-25)17-5-7-18(8-6-17)24-39-27-28(40-24)36-22(35-27)12-10-20-31-15(3)16(4)32-20/h5,7,9-12H,6,8H2,1-4H3. The van der Waals surface area contributed by atoms with Crippen LogP contribution in [0.15, 0.2) is 110 Å². The number of allylic oxidation sites excluding steroid dienone is 12. The van der Waals surface area contributed by atoms with Gasteiger partial charge in [0.1, 0.15) is 0 Å². The first-order valence-electron chi connectivity index (χ1n) is 12.3. The molecular weight excluding hydrogens is 721 g/mol. The molecule has 0 amide bonds. The second kappa shape index (κ2) is 13.0. The van der Waals surface area contributed by atoms with E-state index in [0.717, 1.165) is 12.8 Å². The highest BCUT2D eigenvalue weighted by molar-refractivity contribution is 8.49. The monoisotopic (exact) mass is 742 g/mol. The molecule has 0 unspecified atom stereocenters. The number of thioether (sulfide) groups is 12. The van der Waals surface area contributed by atoms with Crippen molar-refractivity contribution in [3.63, 3.8) is 0 Å². The van der Waals surface area contributed by atoms with Gasteiger partial charge in [-0.05, 0) is 95.6 Å². The van der Waals surface area contributed by atoms with Gasteiger partial charge < -0.3 is 0 Å². The van der Waals surface area contributed by atoms with Gasteiger partial charge in [-0.1, -0.05) is 153 Å². The van der Waals surface area contributed by atoms with Gasteiger partial charge in [-0.25, -0.2) is 0 Å². The molecular formula is C28H22S12. The number of hydrogen-bond acceptors (Lipinski definition) is 12. The van der Waals surface area contributed by atoms with Crippen LogP contribution in [0.2, 0.25) is 0 Å². The van der Waals surface area contributed by atoms with E-state index in [-0.39, 0.29) is 0 Å². The van der Waals surface area contributed by atoms with Crippen molar-refractivity contribution in [1.29, 1.82) is 0 Å². The van der Waals surface area contributed by atoms with Gasteiger partial charge >= 0.3 is 0 Å². The average Bonchev–Trinajstić information content (AvgIpc) is 3.75. The van der Waals surface area contributed by atoms with Crippen LogP contribution in [-0.2, 0) is 0 Å². The Labute approximate surface area is 287 Å². The first kappa shape index (κ1) is 30.0. The van der Waals surface area contributed by atoms with E-state index >= 15 is 0 Å². The van der Waals surface area contributed by atoms with Gasteiger partial charge in [0, 0.05) is 8.47 Å². The average molecular weight is 743 g/mol. The van der Waals surface area contributed by atoms with Crippen molar-refractivity contribution in [2.45, 2.75) is 40.5 Å². The summed E-state index contributed by atoms with van der Waals surface area (Å²) in [4.78, 5) is 5.73. The van der Waals surface area contributed by atoms with Crippen molar-refractivity contribution in [2.24, 2.45) is 0 Å². The summed E-state index contributed by atoms with van der Waals surface area (Å²) in [5.74, 6) is 0. The van der Waals surface area contributed by atoms with Crippen molar-refractivity contribution in [1.82, 2.24) is 0 Å². The zero-order valence-electron chi connectivity index (χ0n) is 21.8. The van der Waals surface area contributed by atoms with Gasteiger partial charge in [0.05, 0.1) is 33.9 Å². The van der Waals surface area contributed by atoms with E-state index in [1.54, 1.807) is 0 Å². The Morgan fingerprint density at radius 2 is 0.650 bits per heavy atom. The fourth-order valence-electron chi connectivity index (χ4n) is 3.92. The zero-order valence-corrected chi connectivity index (χ0v) is 31.6. The third kappa shape index (κ3) is 6.64. The molecule has 7 rings (SSSR count). The smallest absolute Gasteiger partial charge is 0.0717 e. The Bertz CT molecular complexity index is 1370. The van der Waals surface area contributed by atoms with Crippen molar-refractivity contribution in [3.8, 4) is 0 Å². The molecule has 6 heterocycles. The van der Waals surface area contributed by atoms with Gasteiger partial charge in [0.25, 0.3) is 0 Å². The largest absolute Gasteiger partial charge is 0.0867 e. The van der Waals surface area contributed by atoms with Crippen LogP contribution in [0.1, 0.15) is 40.5 Å². The third-order valence-corrected chi connectivity index (χ3v) is 22.6. The van der Waals surface area contributed by atoms with E-state index in [2.05, 4.69) is 64.2 Å². The molecule has 0 radical (unpaired) electrons. The van der Waals surface area contributed by atoms with Gasteiger partial charge in [-0.2, -0.15) is 0 Å². The minimum Gasteiger partial charge on any atom is -0.0867 e. The molecule has 0 saturated carbocycles. The SMILES string of the molecule is CC1=C(C)SC(=CC=C2SC3=C(S2)SC(=C2C=CC(=C4SC5=C(SC(=CC=C6SC(C)=C(C)S6)S5)S4)CC2)S3)S1. The molecule has 0 bridgehead atoms. The maximum atomic E-state index is 2.39. The highest BCUT2D eigenvalue weighted by Gasteiger charge is 2.33. The maximum Gasteiger partial charge on any atom is 0.0717 e. The molecule has 0 fully saturated rings. The van der Waals surface area contributed by atoms with E-state index < -0.39 is 0 Å². The molecule has 0 N–H and O–H groups in total. The summed E-state index contributed by atoms with van der Waals surface area (Å²) >= 11 is 23.3. The van der Waals surface area contributed by atoms with Crippen LogP contribution in [0.3, 0.4) is 0 Å². The maximum absolute atomic E-state index is 2.39. The third-order valence-electron chi connectivity index (χ3n) is 6.24. The van der Waals surface area contributed by atoms with Crippen LogP contribution in [-0.4, -0.2) is 0 Å². The second-order valence-electron chi connectivity index (χ2n) is 9.00. The van der Waals surface area contributed by atoms with Crippen LogP contribution in [0.4, 0.5) is 0 Å². The Kier molecular flexibility index (Phi) is 9.74. The second-order valence-corrected chi connectivity index (χ2v) is 24.9. The van der Waals surface area contributed by atoms with E-state index in [9.17, 15) is 0 Å². The summed E-state index contributed by atoms with van der Waals surface area (Å²) < 4.78 is 14.4. The quantitative estimate of drug-likeness (QED) is 0.264. The molecule has 0 aromatic rings. The van der Waals surface area contributed by atoms with Crippen LogP contribution >= 0.6 is 141 Å². The first-order chi connectivity index (χ1) is 19.4. The molecule has 0 nitrogen and oxygen atoms in total. The fourth-order valence-corrected chi connectivity index (χ4v) is 21.1. The van der Waals surface area contributed by atoms with Crippen molar-refractivity contribution < 1.29 is 0 Å². The first-order valence-corrected chi connectivity index (χ1v) is 22.1. The normalized spacial score (nSPS) is 24.7. The molecule has 0 spiro atoms. The summed E-state index contributed by atoms with van der Waals surface area (Å²) in [6.45, 7) is 8.86. The number of rotatable bonds is 2. The van der Waals surface area contributed by atoms with Crippen molar-refractivity contribution >= 4 is 141 Å². The summed E-state index contributed by atoms with van der Waals surface area (Å²) in [5, 5.41) is 0. The lowest BCUT2D eigenvalue weighted by atomic mass is 10.00. The van der Waals surface area contributed by atoms with E-state index in [1.165, 1.54) is 73.1 Å². The van der Waals surface area contributed by atoms with Gasteiger partial charge in [-0.15, -0.1) is 0 Å². The fraction of sp³-hybridized carbons (Fsp3) is 0.214. The molecule has 12 heteroatoms. The summed E-state index contributed by atoms with van der Waals surface area (Å²) in [6.07, 6.45) is 16.3. The molecule has 0 aromatic carbocycles. The lowest BCUT2D eigenvalue weighted by molar-refractivity contribution is 0.949. The predicted molar refractivity (Wildman–Crippen MR) is 207 cm³/mol.